The maximum absolute atomic E-state index is 5.45. The molecule has 0 atom stereocenters. The summed E-state index contributed by atoms with van der Waals surface area (Å²) < 4.78 is 5.45. The predicted octanol–water partition coefficient (Wildman–Crippen LogP) is 3.41. The van der Waals surface area contributed by atoms with Gasteiger partial charge in [0.15, 0.2) is 0 Å². The number of rotatable bonds is 1. The van der Waals surface area contributed by atoms with Crippen LogP contribution in [0.15, 0.2) is 22.8 Å². The molecule has 0 bridgehead atoms. The Hall–Kier alpha value is -0.980. The van der Waals surface area contributed by atoms with Crippen molar-refractivity contribution in [3.05, 3.63) is 29.7 Å². The molecule has 2 rings (SSSR count). The summed E-state index contributed by atoms with van der Waals surface area (Å²) in [6.45, 7) is 2.17. The molecule has 1 aliphatic carbocycles. The van der Waals surface area contributed by atoms with Gasteiger partial charge in [0, 0.05) is 0 Å². The highest BCUT2D eigenvalue weighted by atomic mass is 16.3. The summed E-state index contributed by atoms with van der Waals surface area (Å²) in [4.78, 5) is 0. The Morgan fingerprint density at radius 3 is 3.25 bits per heavy atom. The summed E-state index contributed by atoms with van der Waals surface area (Å²) in [6, 6.07) is 2.10. The molecule has 0 spiro atoms. The largest absolute Gasteiger partial charge is 0.464 e. The van der Waals surface area contributed by atoms with Gasteiger partial charge in [-0.05, 0) is 42.9 Å². The van der Waals surface area contributed by atoms with Gasteiger partial charge >= 0.3 is 0 Å². The molecule has 1 aromatic rings. The maximum Gasteiger partial charge on any atom is 0.132 e. The molecule has 0 saturated carbocycles. The van der Waals surface area contributed by atoms with Crippen LogP contribution in [0.5, 0.6) is 0 Å². The Kier molecular flexibility index (Phi) is 2.03. The molecule has 1 aliphatic rings. The number of furan rings is 1. The molecule has 0 unspecified atom stereocenters. The van der Waals surface area contributed by atoms with E-state index in [4.69, 9.17) is 4.42 Å². The Balaban J connectivity index is 2.38. The number of aryl methyl sites for hydroxylation is 1. The molecule has 1 heteroatoms. The van der Waals surface area contributed by atoms with Gasteiger partial charge in [0.2, 0.25) is 0 Å². The SMILES string of the molecule is CC/C=C1/CCCc2ccoc21. The Morgan fingerprint density at radius 1 is 1.50 bits per heavy atom. The van der Waals surface area contributed by atoms with Crippen LogP contribution < -0.4 is 0 Å². The van der Waals surface area contributed by atoms with Crippen LogP contribution in [0.25, 0.3) is 5.57 Å². The number of hydrogen-bond donors (Lipinski definition) is 0. The molecule has 0 N–H and O–H groups in total. The van der Waals surface area contributed by atoms with Crippen LogP contribution in [0.4, 0.5) is 0 Å². The van der Waals surface area contributed by atoms with Crippen LogP contribution in [0.1, 0.15) is 37.5 Å². The first kappa shape index (κ1) is 7.66. The van der Waals surface area contributed by atoms with E-state index in [-0.39, 0.29) is 0 Å². The molecule has 0 aromatic carbocycles. The normalized spacial score (nSPS) is 19.6. The van der Waals surface area contributed by atoms with Gasteiger partial charge in [-0.15, -0.1) is 0 Å². The van der Waals surface area contributed by atoms with Crippen LogP contribution in [0.3, 0.4) is 0 Å². The fourth-order valence-corrected chi connectivity index (χ4v) is 1.84. The maximum atomic E-state index is 5.45. The van der Waals surface area contributed by atoms with Gasteiger partial charge in [0.25, 0.3) is 0 Å². The van der Waals surface area contributed by atoms with Crippen molar-refractivity contribution in [2.24, 2.45) is 0 Å². The highest BCUT2D eigenvalue weighted by Gasteiger charge is 2.15. The quantitative estimate of drug-likeness (QED) is 0.616. The molecule has 12 heavy (non-hydrogen) atoms. The lowest BCUT2D eigenvalue weighted by Gasteiger charge is -2.12. The van der Waals surface area contributed by atoms with E-state index in [0.717, 1.165) is 12.2 Å². The number of fused-ring (bicyclic) bond motifs is 1. The third kappa shape index (κ3) is 1.20. The van der Waals surface area contributed by atoms with Gasteiger partial charge in [0.05, 0.1) is 6.26 Å². The van der Waals surface area contributed by atoms with Crippen molar-refractivity contribution in [2.75, 3.05) is 0 Å². The zero-order chi connectivity index (χ0) is 8.39. The molecule has 0 fully saturated rings. The first-order valence-electron chi connectivity index (χ1n) is 4.67. The zero-order valence-corrected chi connectivity index (χ0v) is 7.47. The summed E-state index contributed by atoms with van der Waals surface area (Å²) in [5.41, 5.74) is 2.80. The van der Waals surface area contributed by atoms with Crippen LogP contribution in [0, 0.1) is 0 Å². The second-order valence-electron chi connectivity index (χ2n) is 3.27. The molecular weight excluding hydrogens is 148 g/mol. The fraction of sp³-hybridized carbons (Fsp3) is 0.455. The van der Waals surface area contributed by atoms with Crippen LogP contribution in [-0.4, -0.2) is 0 Å². The van der Waals surface area contributed by atoms with E-state index < -0.39 is 0 Å². The van der Waals surface area contributed by atoms with Crippen molar-refractivity contribution in [1.82, 2.24) is 0 Å². The van der Waals surface area contributed by atoms with Gasteiger partial charge in [-0.2, -0.15) is 0 Å². The van der Waals surface area contributed by atoms with Crippen LogP contribution in [-0.2, 0) is 6.42 Å². The zero-order valence-electron chi connectivity index (χ0n) is 7.47. The second-order valence-corrected chi connectivity index (χ2v) is 3.27. The van der Waals surface area contributed by atoms with E-state index in [1.54, 1.807) is 6.26 Å². The minimum Gasteiger partial charge on any atom is -0.464 e. The summed E-state index contributed by atoms with van der Waals surface area (Å²) in [5.74, 6) is 1.14. The second kappa shape index (κ2) is 3.18. The van der Waals surface area contributed by atoms with E-state index in [2.05, 4.69) is 19.1 Å². The first-order chi connectivity index (χ1) is 5.92. The van der Waals surface area contributed by atoms with E-state index in [0.29, 0.717) is 0 Å². The van der Waals surface area contributed by atoms with Crippen molar-refractivity contribution >= 4 is 5.57 Å². The summed E-state index contributed by atoms with van der Waals surface area (Å²) >= 11 is 0. The highest BCUT2D eigenvalue weighted by molar-refractivity contribution is 5.65. The molecule has 1 heterocycles. The molecular formula is C11H14O. The highest BCUT2D eigenvalue weighted by Crippen LogP contribution is 2.31. The molecule has 64 valence electrons. The third-order valence-electron chi connectivity index (χ3n) is 2.38. The number of allylic oxidation sites excluding steroid dienone is 2. The first-order valence-corrected chi connectivity index (χ1v) is 4.67. The van der Waals surface area contributed by atoms with Gasteiger partial charge in [-0.25, -0.2) is 0 Å². The van der Waals surface area contributed by atoms with Gasteiger partial charge in [0.1, 0.15) is 5.76 Å². The molecule has 1 aromatic heterocycles. The van der Waals surface area contributed by atoms with Crippen LogP contribution in [0.2, 0.25) is 0 Å². The van der Waals surface area contributed by atoms with Gasteiger partial charge in [-0.3, -0.25) is 0 Å². The monoisotopic (exact) mass is 162 g/mol. The smallest absolute Gasteiger partial charge is 0.132 e. The average Bonchev–Trinajstić information content (AvgIpc) is 2.53. The van der Waals surface area contributed by atoms with Crippen molar-refractivity contribution in [1.29, 1.82) is 0 Å². The molecule has 1 nitrogen and oxygen atoms in total. The molecule has 0 aliphatic heterocycles. The minimum absolute atomic E-state index is 1.11. The molecule has 0 radical (unpaired) electrons. The van der Waals surface area contributed by atoms with Crippen molar-refractivity contribution in [3.63, 3.8) is 0 Å². The standard InChI is InChI=1S/C11H14O/c1-2-4-9-5-3-6-10-7-8-12-11(9)10/h4,7-8H,2-3,5-6H2,1H3/b9-4-. The topological polar surface area (TPSA) is 13.1 Å². The Morgan fingerprint density at radius 2 is 2.42 bits per heavy atom. The number of hydrogen-bond acceptors (Lipinski definition) is 1. The lowest BCUT2D eigenvalue weighted by Crippen LogP contribution is -1.97. The Bertz CT molecular complexity index is 294. The van der Waals surface area contributed by atoms with Crippen LogP contribution >= 0.6 is 0 Å². The fourth-order valence-electron chi connectivity index (χ4n) is 1.84. The minimum atomic E-state index is 1.11. The van der Waals surface area contributed by atoms with E-state index in [9.17, 15) is 0 Å². The lowest BCUT2D eigenvalue weighted by atomic mass is 9.93. The lowest BCUT2D eigenvalue weighted by molar-refractivity contribution is 0.538. The third-order valence-corrected chi connectivity index (χ3v) is 2.38. The summed E-state index contributed by atoms with van der Waals surface area (Å²) in [7, 11) is 0. The molecule has 0 amide bonds. The van der Waals surface area contributed by atoms with Gasteiger partial charge in [-0.1, -0.05) is 13.0 Å². The summed E-state index contributed by atoms with van der Waals surface area (Å²) in [6.07, 6.45) is 8.84. The van der Waals surface area contributed by atoms with Gasteiger partial charge < -0.3 is 4.42 Å². The predicted molar refractivity (Wildman–Crippen MR) is 49.9 cm³/mol. The Labute approximate surface area is 73.1 Å². The van der Waals surface area contributed by atoms with Crippen molar-refractivity contribution in [3.8, 4) is 0 Å². The van der Waals surface area contributed by atoms with E-state index in [1.165, 1.54) is 30.4 Å². The van der Waals surface area contributed by atoms with E-state index >= 15 is 0 Å². The van der Waals surface area contributed by atoms with Crippen molar-refractivity contribution in [2.45, 2.75) is 32.6 Å². The average molecular weight is 162 g/mol. The molecule has 0 saturated heterocycles. The van der Waals surface area contributed by atoms with E-state index in [1.807, 2.05) is 0 Å². The van der Waals surface area contributed by atoms with Crippen molar-refractivity contribution < 1.29 is 4.42 Å². The summed E-state index contributed by atoms with van der Waals surface area (Å²) in [5, 5.41) is 0.